The number of carbonyl (C=O) groups is 2. The molecule has 2 N–H and O–H groups in total. The third-order valence-electron chi connectivity index (χ3n) is 5.05. The van der Waals surface area contributed by atoms with Crippen molar-refractivity contribution in [3.05, 3.63) is 131 Å². The van der Waals surface area contributed by atoms with Gasteiger partial charge in [-0.2, -0.15) is 5.10 Å². The lowest BCUT2D eigenvalue weighted by Crippen LogP contribution is -2.21. The van der Waals surface area contributed by atoms with Crippen molar-refractivity contribution in [2.45, 2.75) is 6.61 Å². The molecule has 4 aromatic rings. The van der Waals surface area contributed by atoms with Crippen LogP contribution in [0.5, 0.6) is 5.75 Å². The predicted octanol–water partition coefficient (Wildman–Crippen LogP) is 5.42. The van der Waals surface area contributed by atoms with Crippen LogP contribution in [0, 0.1) is 5.82 Å². The fourth-order valence-electron chi connectivity index (χ4n) is 3.26. The summed E-state index contributed by atoms with van der Waals surface area (Å²) in [7, 11) is 0. The Bertz CT molecular complexity index is 1340. The van der Waals surface area contributed by atoms with Crippen LogP contribution in [0.1, 0.15) is 31.8 Å². The summed E-state index contributed by atoms with van der Waals surface area (Å²) >= 11 is 0. The molecular weight excluding hydrogens is 445 g/mol. The number of hydrogen-bond donors (Lipinski definition) is 2. The summed E-state index contributed by atoms with van der Waals surface area (Å²) in [5.41, 5.74) is 5.02. The number of nitrogens with one attached hydrogen (secondary N) is 2. The number of para-hydroxylation sites is 2. The molecule has 174 valence electrons. The van der Waals surface area contributed by atoms with E-state index in [4.69, 9.17) is 4.74 Å². The standard InChI is InChI=1S/C28H22FN3O3/c29-23-16-14-21(15-17-23)27(33)31-25-12-6-5-11-24(25)28(34)32-30-18-22-10-4-7-13-26(22)35-19-20-8-2-1-3-9-20/h1-18H,19H2,(H,31,33)(H,32,34)/b30-18+. The molecule has 0 atom stereocenters. The van der Waals surface area contributed by atoms with Crippen LogP contribution >= 0.6 is 0 Å². The van der Waals surface area contributed by atoms with Gasteiger partial charge in [-0.1, -0.05) is 54.6 Å². The van der Waals surface area contributed by atoms with Gasteiger partial charge in [-0.15, -0.1) is 0 Å². The maximum absolute atomic E-state index is 13.1. The molecule has 0 aliphatic carbocycles. The van der Waals surface area contributed by atoms with Crippen molar-refractivity contribution in [1.82, 2.24) is 5.43 Å². The normalized spacial score (nSPS) is 10.7. The molecule has 0 saturated carbocycles. The van der Waals surface area contributed by atoms with Crippen molar-refractivity contribution >= 4 is 23.7 Å². The molecule has 0 aromatic heterocycles. The van der Waals surface area contributed by atoms with Gasteiger partial charge in [0.05, 0.1) is 17.5 Å². The minimum atomic E-state index is -0.501. The van der Waals surface area contributed by atoms with Gasteiger partial charge in [0.15, 0.2) is 0 Å². The number of hydrazone groups is 1. The van der Waals surface area contributed by atoms with E-state index in [0.717, 1.165) is 5.56 Å². The number of nitrogens with zero attached hydrogens (tertiary/aromatic N) is 1. The molecule has 4 aromatic carbocycles. The Morgan fingerprint density at radius 2 is 1.49 bits per heavy atom. The van der Waals surface area contributed by atoms with E-state index in [1.807, 2.05) is 54.6 Å². The smallest absolute Gasteiger partial charge is 0.273 e. The second-order valence-corrected chi connectivity index (χ2v) is 7.52. The van der Waals surface area contributed by atoms with E-state index in [0.29, 0.717) is 23.6 Å². The highest BCUT2D eigenvalue weighted by atomic mass is 19.1. The number of anilines is 1. The molecule has 0 spiro atoms. The zero-order valence-electron chi connectivity index (χ0n) is 18.6. The summed E-state index contributed by atoms with van der Waals surface area (Å²) in [5, 5.41) is 6.75. The highest BCUT2D eigenvalue weighted by Crippen LogP contribution is 2.19. The van der Waals surface area contributed by atoms with Gasteiger partial charge < -0.3 is 10.1 Å². The van der Waals surface area contributed by atoms with Gasteiger partial charge in [0.2, 0.25) is 0 Å². The summed E-state index contributed by atoms with van der Waals surface area (Å²) in [5.74, 6) is -0.773. The molecule has 4 rings (SSSR count). The van der Waals surface area contributed by atoms with Crippen LogP contribution in [0.25, 0.3) is 0 Å². The molecule has 0 heterocycles. The molecule has 0 aliphatic heterocycles. The van der Waals surface area contributed by atoms with Gasteiger partial charge in [-0.05, 0) is 54.1 Å². The van der Waals surface area contributed by atoms with Crippen molar-refractivity contribution in [2.75, 3.05) is 5.32 Å². The molecule has 7 heteroatoms. The molecule has 0 radical (unpaired) electrons. The number of amides is 2. The Morgan fingerprint density at radius 3 is 2.29 bits per heavy atom. The number of rotatable bonds is 8. The van der Waals surface area contributed by atoms with E-state index in [-0.39, 0.29) is 11.1 Å². The summed E-state index contributed by atoms with van der Waals surface area (Å²) in [6, 6.07) is 28.8. The Balaban J connectivity index is 1.42. The molecular formula is C28H22FN3O3. The topological polar surface area (TPSA) is 79.8 Å². The first-order valence-electron chi connectivity index (χ1n) is 10.9. The van der Waals surface area contributed by atoms with Gasteiger partial charge in [0, 0.05) is 11.1 Å². The van der Waals surface area contributed by atoms with E-state index >= 15 is 0 Å². The Kier molecular flexibility index (Phi) is 7.60. The Labute approximate surface area is 202 Å². The van der Waals surface area contributed by atoms with Crippen molar-refractivity contribution in [2.24, 2.45) is 5.10 Å². The summed E-state index contributed by atoms with van der Waals surface area (Å²) in [6.07, 6.45) is 1.50. The Hall–Kier alpha value is -4.78. The first-order chi connectivity index (χ1) is 17.1. The summed E-state index contributed by atoms with van der Waals surface area (Å²) in [6.45, 7) is 0.402. The van der Waals surface area contributed by atoms with Gasteiger partial charge in [0.25, 0.3) is 11.8 Å². The van der Waals surface area contributed by atoms with E-state index in [1.54, 1.807) is 24.3 Å². The minimum absolute atomic E-state index is 0.230. The fourth-order valence-corrected chi connectivity index (χ4v) is 3.26. The predicted molar refractivity (Wildman–Crippen MR) is 133 cm³/mol. The molecule has 0 aliphatic rings. The number of halogens is 1. The highest BCUT2D eigenvalue weighted by Gasteiger charge is 2.14. The average molecular weight is 468 g/mol. The number of carbonyl (C=O) groups excluding carboxylic acids is 2. The second-order valence-electron chi connectivity index (χ2n) is 7.52. The molecule has 2 amide bonds. The van der Waals surface area contributed by atoms with E-state index < -0.39 is 17.6 Å². The monoisotopic (exact) mass is 467 g/mol. The van der Waals surface area contributed by atoms with Gasteiger partial charge in [-0.25, -0.2) is 9.82 Å². The lowest BCUT2D eigenvalue weighted by molar-refractivity contribution is 0.0956. The Morgan fingerprint density at radius 1 is 0.800 bits per heavy atom. The lowest BCUT2D eigenvalue weighted by atomic mass is 10.1. The quantitative estimate of drug-likeness (QED) is 0.268. The van der Waals surface area contributed by atoms with E-state index in [9.17, 15) is 14.0 Å². The SMILES string of the molecule is O=C(Nc1ccccc1C(=O)N/N=C/c1ccccc1OCc1ccccc1)c1ccc(F)cc1. The fraction of sp³-hybridized carbons (Fsp3) is 0.0357. The highest BCUT2D eigenvalue weighted by molar-refractivity contribution is 6.09. The van der Waals surface area contributed by atoms with E-state index in [1.165, 1.54) is 30.5 Å². The maximum Gasteiger partial charge on any atom is 0.273 e. The van der Waals surface area contributed by atoms with Crippen LogP contribution in [0.15, 0.2) is 108 Å². The molecule has 0 unspecified atom stereocenters. The molecule has 6 nitrogen and oxygen atoms in total. The largest absolute Gasteiger partial charge is 0.488 e. The van der Waals surface area contributed by atoms with Crippen LogP contribution in [0.3, 0.4) is 0 Å². The van der Waals surface area contributed by atoms with Crippen LogP contribution < -0.4 is 15.5 Å². The number of hydrogen-bond acceptors (Lipinski definition) is 4. The van der Waals surface area contributed by atoms with Crippen LogP contribution in [0.4, 0.5) is 10.1 Å². The first kappa shape index (κ1) is 23.4. The lowest BCUT2D eigenvalue weighted by Gasteiger charge is -2.10. The summed E-state index contributed by atoms with van der Waals surface area (Å²) < 4.78 is 19.0. The van der Waals surface area contributed by atoms with Gasteiger partial charge >= 0.3 is 0 Å². The molecule has 35 heavy (non-hydrogen) atoms. The second kappa shape index (κ2) is 11.4. The first-order valence-corrected chi connectivity index (χ1v) is 10.9. The van der Waals surface area contributed by atoms with Gasteiger partial charge in [0.1, 0.15) is 18.2 Å². The minimum Gasteiger partial charge on any atom is -0.488 e. The zero-order chi connectivity index (χ0) is 24.5. The third kappa shape index (κ3) is 6.39. The third-order valence-corrected chi connectivity index (χ3v) is 5.05. The summed E-state index contributed by atoms with van der Waals surface area (Å²) in [4.78, 5) is 25.2. The van der Waals surface area contributed by atoms with Crippen molar-refractivity contribution in [3.63, 3.8) is 0 Å². The molecule has 0 bridgehead atoms. The molecule has 0 saturated heterocycles. The maximum atomic E-state index is 13.1. The number of ether oxygens (including phenoxy) is 1. The van der Waals surface area contributed by atoms with Crippen LogP contribution in [-0.2, 0) is 6.61 Å². The zero-order valence-corrected chi connectivity index (χ0v) is 18.6. The van der Waals surface area contributed by atoms with Crippen LogP contribution in [-0.4, -0.2) is 18.0 Å². The van der Waals surface area contributed by atoms with Crippen molar-refractivity contribution < 1.29 is 18.7 Å². The van der Waals surface area contributed by atoms with E-state index in [2.05, 4.69) is 15.8 Å². The van der Waals surface area contributed by atoms with Crippen LogP contribution in [0.2, 0.25) is 0 Å². The van der Waals surface area contributed by atoms with Crippen molar-refractivity contribution in [1.29, 1.82) is 0 Å². The number of benzene rings is 4. The van der Waals surface area contributed by atoms with Gasteiger partial charge in [-0.3, -0.25) is 9.59 Å². The van der Waals surface area contributed by atoms with Crippen molar-refractivity contribution in [3.8, 4) is 5.75 Å². The molecule has 0 fully saturated rings. The average Bonchev–Trinajstić information content (AvgIpc) is 2.89.